The summed E-state index contributed by atoms with van der Waals surface area (Å²) in [6.07, 6.45) is 7.35. The molecule has 1 aliphatic heterocycles. The summed E-state index contributed by atoms with van der Waals surface area (Å²) in [5, 5.41) is 0. The van der Waals surface area contributed by atoms with Gasteiger partial charge < -0.3 is 9.64 Å². The first kappa shape index (κ1) is 13.9. The van der Waals surface area contributed by atoms with Gasteiger partial charge in [-0.3, -0.25) is 4.57 Å². The van der Waals surface area contributed by atoms with Gasteiger partial charge in [-0.05, 0) is 23.3 Å². The molecule has 0 unspecified atom stereocenters. The van der Waals surface area contributed by atoms with Crippen LogP contribution in [0, 0.1) is 0 Å². The van der Waals surface area contributed by atoms with Crippen LogP contribution in [0.1, 0.15) is 11.1 Å². The molecule has 0 atom stereocenters. The third kappa shape index (κ3) is 2.47. The van der Waals surface area contributed by atoms with Crippen LogP contribution in [0.15, 0.2) is 43.0 Å². The van der Waals surface area contributed by atoms with Crippen LogP contribution >= 0.6 is 0 Å². The first-order valence-corrected chi connectivity index (χ1v) is 7.45. The van der Waals surface area contributed by atoms with Crippen LogP contribution in [0.3, 0.4) is 0 Å². The Labute approximate surface area is 134 Å². The number of anilines is 1. The van der Waals surface area contributed by atoms with Crippen molar-refractivity contribution in [3.63, 3.8) is 0 Å². The molecule has 6 heteroatoms. The Morgan fingerprint density at radius 2 is 1.83 bits per heavy atom. The smallest absolute Gasteiger partial charge is 0.224 e. The zero-order valence-corrected chi connectivity index (χ0v) is 13.1. The molecule has 0 fully saturated rings. The van der Waals surface area contributed by atoms with Crippen LogP contribution in [0.4, 0.5) is 5.95 Å². The summed E-state index contributed by atoms with van der Waals surface area (Å²) in [6, 6.07) is 6.36. The van der Waals surface area contributed by atoms with Gasteiger partial charge in [0.1, 0.15) is 5.82 Å². The molecule has 0 saturated heterocycles. The largest absolute Gasteiger partial charge is 0.372 e. The van der Waals surface area contributed by atoms with E-state index < -0.39 is 0 Å². The predicted molar refractivity (Wildman–Crippen MR) is 87.4 cm³/mol. The van der Waals surface area contributed by atoms with Crippen molar-refractivity contribution in [3.05, 3.63) is 54.1 Å². The minimum Gasteiger partial charge on any atom is -0.372 e. The van der Waals surface area contributed by atoms with Crippen molar-refractivity contribution in [2.24, 2.45) is 0 Å². The Morgan fingerprint density at radius 3 is 2.61 bits per heavy atom. The Kier molecular flexibility index (Phi) is 3.31. The van der Waals surface area contributed by atoms with E-state index in [2.05, 4.69) is 33.2 Å². The van der Waals surface area contributed by atoms with Gasteiger partial charge in [-0.1, -0.05) is 6.07 Å². The highest BCUT2D eigenvalue weighted by molar-refractivity contribution is 5.58. The van der Waals surface area contributed by atoms with Crippen molar-refractivity contribution < 1.29 is 4.74 Å². The summed E-state index contributed by atoms with van der Waals surface area (Å²) in [6.45, 7) is 1.38. The van der Waals surface area contributed by atoms with Gasteiger partial charge in [0.25, 0.3) is 0 Å². The van der Waals surface area contributed by atoms with E-state index in [1.807, 2.05) is 29.8 Å². The minimum absolute atomic E-state index is 0.674. The van der Waals surface area contributed by atoms with Gasteiger partial charge in [-0.2, -0.15) is 0 Å². The molecular weight excluding hydrogens is 290 g/mol. The molecule has 0 saturated carbocycles. The molecule has 1 aromatic carbocycles. The molecule has 0 bridgehead atoms. The topological polar surface area (TPSA) is 56.1 Å². The van der Waals surface area contributed by atoms with E-state index in [1.54, 1.807) is 18.6 Å². The summed E-state index contributed by atoms with van der Waals surface area (Å²) in [4.78, 5) is 15.1. The second kappa shape index (κ2) is 5.48. The van der Waals surface area contributed by atoms with Crippen LogP contribution in [0.25, 0.3) is 17.1 Å². The summed E-state index contributed by atoms with van der Waals surface area (Å²) in [5.74, 6) is 1.51. The number of ether oxygens (including phenoxy) is 1. The molecule has 6 nitrogen and oxygen atoms in total. The molecule has 0 aliphatic carbocycles. The van der Waals surface area contributed by atoms with Crippen molar-refractivity contribution in [2.75, 3.05) is 19.0 Å². The molecule has 0 amide bonds. The van der Waals surface area contributed by atoms with Gasteiger partial charge in [0.2, 0.25) is 5.95 Å². The number of hydrogen-bond acceptors (Lipinski definition) is 5. The average molecular weight is 307 g/mol. The van der Waals surface area contributed by atoms with Gasteiger partial charge in [-0.25, -0.2) is 15.0 Å². The molecule has 116 valence electrons. The number of rotatable bonds is 3. The van der Waals surface area contributed by atoms with Gasteiger partial charge in [0.05, 0.1) is 18.8 Å². The van der Waals surface area contributed by atoms with Crippen LogP contribution < -0.4 is 4.90 Å². The molecule has 0 N–H and O–H groups in total. The molecule has 1 aliphatic rings. The lowest BCUT2D eigenvalue weighted by molar-refractivity contribution is 0.134. The summed E-state index contributed by atoms with van der Waals surface area (Å²) in [5.41, 5.74) is 4.45. The van der Waals surface area contributed by atoms with Crippen molar-refractivity contribution >= 4 is 5.95 Å². The van der Waals surface area contributed by atoms with E-state index in [-0.39, 0.29) is 0 Å². The number of benzene rings is 1. The highest BCUT2D eigenvalue weighted by Crippen LogP contribution is 2.26. The number of imidazole rings is 1. The van der Waals surface area contributed by atoms with Crippen LogP contribution in [-0.4, -0.2) is 33.6 Å². The van der Waals surface area contributed by atoms with E-state index in [9.17, 15) is 0 Å². The Bertz CT molecular complexity index is 838. The Morgan fingerprint density at radius 1 is 1.04 bits per heavy atom. The van der Waals surface area contributed by atoms with Crippen LogP contribution in [-0.2, 0) is 18.0 Å². The van der Waals surface area contributed by atoms with Crippen LogP contribution in [0.2, 0.25) is 0 Å². The molecule has 3 heterocycles. The second-order valence-corrected chi connectivity index (χ2v) is 5.73. The zero-order chi connectivity index (χ0) is 15.8. The van der Waals surface area contributed by atoms with Gasteiger partial charge in [0, 0.05) is 44.6 Å². The fraction of sp³-hybridized carbons (Fsp3) is 0.235. The molecule has 23 heavy (non-hydrogen) atoms. The highest BCUT2D eigenvalue weighted by atomic mass is 16.5. The molecule has 2 aromatic heterocycles. The maximum Gasteiger partial charge on any atom is 0.224 e. The van der Waals surface area contributed by atoms with Crippen molar-refractivity contribution in [1.82, 2.24) is 19.5 Å². The van der Waals surface area contributed by atoms with Crippen LogP contribution in [0.5, 0.6) is 0 Å². The quantitative estimate of drug-likeness (QED) is 0.744. The number of aromatic nitrogens is 4. The van der Waals surface area contributed by atoms with Crippen molar-refractivity contribution in [2.45, 2.75) is 13.2 Å². The second-order valence-electron chi connectivity index (χ2n) is 5.73. The maximum absolute atomic E-state index is 5.49. The zero-order valence-electron chi connectivity index (χ0n) is 13.1. The molecule has 3 aromatic rings. The lowest BCUT2D eigenvalue weighted by Gasteiger charge is -2.11. The molecule has 0 radical (unpaired) electrons. The summed E-state index contributed by atoms with van der Waals surface area (Å²) >= 11 is 0. The average Bonchev–Trinajstić information content (AvgIpc) is 3.23. The number of fused-ring (bicyclic) bond motifs is 1. The minimum atomic E-state index is 0.674. The van der Waals surface area contributed by atoms with Gasteiger partial charge in [0.15, 0.2) is 0 Å². The maximum atomic E-state index is 5.49. The van der Waals surface area contributed by atoms with E-state index in [0.29, 0.717) is 19.2 Å². The third-order valence-corrected chi connectivity index (χ3v) is 3.92. The van der Waals surface area contributed by atoms with Crippen molar-refractivity contribution in [3.8, 4) is 17.1 Å². The first-order valence-electron chi connectivity index (χ1n) is 7.45. The van der Waals surface area contributed by atoms with E-state index >= 15 is 0 Å². The van der Waals surface area contributed by atoms with E-state index in [4.69, 9.17) is 4.74 Å². The highest BCUT2D eigenvalue weighted by Gasteiger charge is 2.14. The Balaban J connectivity index is 1.73. The molecule has 0 spiro atoms. The predicted octanol–water partition coefficient (Wildman–Crippen LogP) is 2.43. The lowest BCUT2D eigenvalue weighted by Crippen LogP contribution is -2.12. The normalized spacial score (nSPS) is 13.1. The SMILES string of the molecule is CN(C)c1ncc(-c2nccn2-c2ccc3c(c2)COC3)cn1. The lowest BCUT2D eigenvalue weighted by atomic mass is 10.1. The van der Waals surface area contributed by atoms with Crippen molar-refractivity contribution in [1.29, 1.82) is 0 Å². The summed E-state index contributed by atoms with van der Waals surface area (Å²) < 4.78 is 7.54. The third-order valence-electron chi connectivity index (χ3n) is 3.92. The fourth-order valence-electron chi connectivity index (χ4n) is 2.70. The van der Waals surface area contributed by atoms with E-state index in [1.165, 1.54) is 11.1 Å². The molecular formula is C17H17N5O. The van der Waals surface area contributed by atoms with E-state index in [0.717, 1.165) is 17.1 Å². The first-order chi connectivity index (χ1) is 11.2. The number of hydrogen-bond donors (Lipinski definition) is 0. The summed E-state index contributed by atoms with van der Waals surface area (Å²) in [7, 11) is 3.84. The fourth-order valence-corrected chi connectivity index (χ4v) is 2.70. The molecule has 4 rings (SSSR count). The number of nitrogens with zero attached hydrogens (tertiary/aromatic N) is 5. The Hall–Kier alpha value is -2.73. The standard InChI is InChI=1S/C17H17N5O/c1-21(2)17-19-8-14(9-20-17)16-18-5-6-22(16)15-4-3-12-10-23-11-13(12)7-15/h3-9H,10-11H2,1-2H3. The monoisotopic (exact) mass is 307 g/mol. The van der Waals surface area contributed by atoms with Gasteiger partial charge >= 0.3 is 0 Å². The van der Waals surface area contributed by atoms with Gasteiger partial charge in [-0.15, -0.1) is 0 Å².